The number of furan rings is 1. The van der Waals surface area contributed by atoms with Crippen molar-refractivity contribution in [3.8, 4) is 0 Å². The summed E-state index contributed by atoms with van der Waals surface area (Å²) in [5, 5.41) is 2.66. The summed E-state index contributed by atoms with van der Waals surface area (Å²) in [5.41, 5.74) is 7.18. The molecule has 3 rings (SSSR count). The fourth-order valence-corrected chi connectivity index (χ4v) is 3.14. The van der Waals surface area contributed by atoms with Gasteiger partial charge in [0.25, 0.3) is 11.8 Å². The molecular formula is C20H24N4O4. The van der Waals surface area contributed by atoms with E-state index in [1.54, 1.807) is 12.1 Å². The number of carbonyl (C=O) groups is 3. The molecule has 2 heterocycles. The van der Waals surface area contributed by atoms with Crippen molar-refractivity contribution in [2.45, 2.75) is 25.7 Å². The number of para-hydroxylation sites is 1. The maximum Gasteiger partial charge on any atom is 0.286 e. The van der Waals surface area contributed by atoms with Crippen LogP contribution in [-0.2, 0) is 16.0 Å². The molecule has 3 N–H and O–H groups in total. The van der Waals surface area contributed by atoms with E-state index in [0.717, 1.165) is 25.1 Å². The maximum absolute atomic E-state index is 12.1. The number of aryl methyl sites for hydroxylation is 1. The summed E-state index contributed by atoms with van der Waals surface area (Å²) >= 11 is 0. The molecule has 3 amide bonds. The van der Waals surface area contributed by atoms with Gasteiger partial charge >= 0.3 is 0 Å². The van der Waals surface area contributed by atoms with Crippen LogP contribution in [-0.4, -0.2) is 37.4 Å². The molecule has 8 heteroatoms. The molecular weight excluding hydrogens is 360 g/mol. The Kier molecular flexibility index (Phi) is 6.67. The summed E-state index contributed by atoms with van der Waals surface area (Å²) in [4.78, 5) is 37.7. The second-order valence-electron chi connectivity index (χ2n) is 6.59. The summed E-state index contributed by atoms with van der Waals surface area (Å²) in [6.07, 6.45) is 4.08. The van der Waals surface area contributed by atoms with Crippen LogP contribution in [0.1, 0.15) is 35.4 Å². The summed E-state index contributed by atoms with van der Waals surface area (Å²) < 4.78 is 4.98. The SMILES string of the molecule is O=C(CCCNC(=O)c1ccco1)NNC(=O)CN1CCCc2ccccc21. The number of nitrogens with one attached hydrogen (secondary N) is 3. The number of carbonyl (C=O) groups excluding carboxylic acids is 3. The number of hydrogen-bond acceptors (Lipinski definition) is 5. The van der Waals surface area contributed by atoms with Gasteiger partial charge in [0.1, 0.15) is 0 Å². The van der Waals surface area contributed by atoms with Gasteiger partial charge in [0.05, 0.1) is 12.8 Å². The molecule has 8 nitrogen and oxygen atoms in total. The van der Waals surface area contributed by atoms with Gasteiger partial charge < -0.3 is 14.6 Å². The van der Waals surface area contributed by atoms with E-state index in [-0.39, 0.29) is 36.4 Å². The quantitative estimate of drug-likeness (QED) is 0.494. The lowest BCUT2D eigenvalue weighted by atomic mass is 10.0. The van der Waals surface area contributed by atoms with Gasteiger partial charge in [-0.2, -0.15) is 0 Å². The average molecular weight is 384 g/mol. The van der Waals surface area contributed by atoms with Crippen LogP contribution in [0.5, 0.6) is 0 Å². The topological polar surface area (TPSA) is 104 Å². The molecule has 0 atom stereocenters. The Morgan fingerprint density at radius 2 is 1.86 bits per heavy atom. The van der Waals surface area contributed by atoms with Crippen LogP contribution >= 0.6 is 0 Å². The van der Waals surface area contributed by atoms with E-state index in [4.69, 9.17) is 4.42 Å². The van der Waals surface area contributed by atoms with Gasteiger partial charge in [0.2, 0.25) is 5.91 Å². The van der Waals surface area contributed by atoms with Crippen LogP contribution in [0.25, 0.3) is 0 Å². The van der Waals surface area contributed by atoms with E-state index >= 15 is 0 Å². The Labute approximate surface area is 163 Å². The third-order valence-electron chi connectivity index (χ3n) is 4.49. The number of anilines is 1. The van der Waals surface area contributed by atoms with Crippen LogP contribution in [0.4, 0.5) is 5.69 Å². The first-order valence-electron chi connectivity index (χ1n) is 9.36. The van der Waals surface area contributed by atoms with E-state index in [9.17, 15) is 14.4 Å². The number of amides is 3. The molecule has 148 valence electrons. The summed E-state index contributed by atoms with van der Waals surface area (Å²) in [5.74, 6) is -0.660. The lowest BCUT2D eigenvalue weighted by Crippen LogP contribution is -2.47. The molecule has 0 saturated heterocycles. The molecule has 28 heavy (non-hydrogen) atoms. The van der Waals surface area contributed by atoms with Gasteiger partial charge in [0, 0.05) is 25.2 Å². The second-order valence-corrected chi connectivity index (χ2v) is 6.59. The molecule has 1 aromatic carbocycles. The van der Waals surface area contributed by atoms with E-state index in [1.807, 2.05) is 23.1 Å². The highest BCUT2D eigenvalue weighted by molar-refractivity contribution is 5.91. The number of fused-ring (bicyclic) bond motifs is 1. The van der Waals surface area contributed by atoms with Gasteiger partial charge in [-0.3, -0.25) is 25.2 Å². The molecule has 0 bridgehead atoms. The first-order chi connectivity index (χ1) is 13.6. The van der Waals surface area contributed by atoms with Crippen molar-refractivity contribution in [1.82, 2.24) is 16.2 Å². The molecule has 0 aliphatic carbocycles. The number of hydrogen-bond donors (Lipinski definition) is 3. The van der Waals surface area contributed by atoms with Crippen LogP contribution < -0.4 is 21.1 Å². The van der Waals surface area contributed by atoms with Crippen molar-refractivity contribution in [3.05, 3.63) is 54.0 Å². The van der Waals surface area contributed by atoms with E-state index < -0.39 is 0 Å². The number of benzene rings is 1. The highest BCUT2D eigenvalue weighted by Crippen LogP contribution is 2.26. The lowest BCUT2D eigenvalue weighted by Gasteiger charge is -2.30. The minimum atomic E-state index is -0.319. The van der Waals surface area contributed by atoms with Gasteiger partial charge in [-0.1, -0.05) is 18.2 Å². The molecule has 0 spiro atoms. The van der Waals surface area contributed by atoms with Gasteiger partial charge in [0.15, 0.2) is 5.76 Å². The summed E-state index contributed by atoms with van der Waals surface area (Å²) in [6, 6.07) is 11.2. The van der Waals surface area contributed by atoms with Crippen molar-refractivity contribution in [2.75, 3.05) is 24.5 Å². The molecule has 0 saturated carbocycles. The Bertz CT molecular complexity index is 819. The molecule has 0 radical (unpaired) electrons. The van der Waals surface area contributed by atoms with Crippen LogP contribution in [0.15, 0.2) is 47.1 Å². The predicted molar refractivity (Wildman–Crippen MR) is 104 cm³/mol. The standard InChI is InChI=1S/C20H24N4O4/c25-18(10-3-11-21-20(27)17-9-5-13-28-17)22-23-19(26)14-24-12-4-7-15-6-1-2-8-16(15)24/h1-2,5-6,8-9,13H,3-4,7,10-12,14H2,(H,21,27)(H,22,25)(H,23,26). The van der Waals surface area contributed by atoms with Crippen LogP contribution in [0.2, 0.25) is 0 Å². The molecule has 2 aromatic rings. The van der Waals surface area contributed by atoms with E-state index in [1.165, 1.54) is 11.8 Å². The minimum absolute atomic E-state index is 0.186. The minimum Gasteiger partial charge on any atom is -0.459 e. The van der Waals surface area contributed by atoms with Crippen molar-refractivity contribution >= 4 is 23.4 Å². The zero-order valence-corrected chi connectivity index (χ0v) is 15.6. The Balaban J connectivity index is 1.32. The second kappa shape index (κ2) is 9.59. The van der Waals surface area contributed by atoms with E-state index in [0.29, 0.717) is 13.0 Å². The first kappa shape index (κ1) is 19.5. The lowest BCUT2D eigenvalue weighted by molar-refractivity contribution is -0.128. The van der Waals surface area contributed by atoms with Crippen molar-refractivity contribution in [1.29, 1.82) is 0 Å². The van der Waals surface area contributed by atoms with Gasteiger partial charge in [-0.05, 0) is 43.0 Å². The fourth-order valence-electron chi connectivity index (χ4n) is 3.14. The highest BCUT2D eigenvalue weighted by Gasteiger charge is 2.18. The maximum atomic E-state index is 12.1. The predicted octanol–water partition coefficient (Wildman–Crippen LogP) is 1.39. The monoisotopic (exact) mass is 384 g/mol. The summed E-state index contributed by atoms with van der Waals surface area (Å²) in [6.45, 7) is 1.34. The van der Waals surface area contributed by atoms with Crippen LogP contribution in [0.3, 0.4) is 0 Å². The van der Waals surface area contributed by atoms with Crippen molar-refractivity contribution < 1.29 is 18.8 Å². The van der Waals surface area contributed by atoms with Crippen molar-refractivity contribution in [2.24, 2.45) is 0 Å². The molecule has 0 fully saturated rings. The third-order valence-corrected chi connectivity index (χ3v) is 4.49. The number of rotatable bonds is 7. The van der Waals surface area contributed by atoms with Crippen LogP contribution in [0, 0.1) is 0 Å². The zero-order chi connectivity index (χ0) is 19.8. The summed E-state index contributed by atoms with van der Waals surface area (Å²) in [7, 11) is 0. The van der Waals surface area contributed by atoms with Crippen molar-refractivity contribution in [3.63, 3.8) is 0 Å². The largest absolute Gasteiger partial charge is 0.459 e. The Morgan fingerprint density at radius 1 is 1.04 bits per heavy atom. The average Bonchev–Trinajstić information content (AvgIpc) is 3.25. The number of nitrogens with zero attached hydrogens (tertiary/aromatic N) is 1. The Hall–Kier alpha value is -3.29. The van der Waals surface area contributed by atoms with Gasteiger partial charge in [-0.25, -0.2) is 0 Å². The molecule has 0 unspecified atom stereocenters. The highest BCUT2D eigenvalue weighted by atomic mass is 16.3. The molecule has 1 aliphatic rings. The van der Waals surface area contributed by atoms with Gasteiger partial charge in [-0.15, -0.1) is 0 Å². The first-order valence-corrected chi connectivity index (χ1v) is 9.36. The third kappa shape index (κ3) is 5.35. The number of hydrazine groups is 1. The fraction of sp³-hybridized carbons (Fsp3) is 0.350. The normalized spacial score (nSPS) is 12.8. The smallest absolute Gasteiger partial charge is 0.286 e. The van der Waals surface area contributed by atoms with E-state index in [2.05, 4.69) is 22.2 Å². The molecule has 1 aromatic heterocycles. The molecule has 1 aliphatic heterocycles. The zero-order valence-electron chi connectivity index (χ0n) is 15.6. The Morgan fingerprint density at radius 3 is 2.68 bits per heavy atom.